The van der Waals surface area contributed by atoms with Crippen molar-refractivity contribution in [3.05, 3.63) is 17.8 Å². The van der Waals surface area contributed by atoms with Gasteiger partial charge in [0.25, 0.3) is 0 Å². The molecule has 0 aromatic carbocycles. The molecule has 0 radical (unpaired) electrons. The van der Waals surface area contributed by atoms with Crippen LogP contribution in [0.15, 0.2) is 12.1 Å². The lowest BCUT2D eigenvalue weighted by atomic mass is 9.97. The molecular weight excluding hydrogens is 200 g/mol. The number of anilines is 1. The SMILES string of the molecule is CNCC1CCN(c2ccc(C)nn2)CC1. The molecule has 88 valence electrons. The Hall–Kier alpha value is -1.16. The zero-order valence-electron chi connectivity index (χ0n) is 10.1. The highest BCUT2D eigenvalue weighted by Crippen LogP contribution is 2.20. The van der Waals surface area contributed by atoms with E-state index in [1.165, 1.54) is 12.8 Å². The van der Waals surface area contributed by atoms with Crippen LogP contribution in [0.5, 0.6) is 0 Å². The van der Waals surface area contributed by atoms with Gasteiger partial charge in [0.15, 0.2) is 5.82 Å². The molecule has 4 heteroatoms. The third-order valence-electron chi connectivity index (χ3n) is 3.22. The summed E-state index contributed by atoms with van der Waals surface area (Å²) in [5, 5.41) is 11.6. The van der Waals surface area contributed by atoms with E-state index < -0.39 is 0 Å². The molecule has 1 fully saturated rings. The number of piperidine rings is 1. The van der Waals surface area contributed by atoms with Gasteiger partial charge in [-0.05, 0) is 51.4 Å². The molecule has 1 saturated heterocycles. The summed E-state index contributed by atoms with van der Waals surface area (Å²) in [6, 6.07) is 4.10. The molecule has 1 aliphatic heterocycles. The third kappa shape index (κ3) is 2.70. The standard InChI is InChI=1S/C12H20N4/c1-10-3-4-12(15-14-10)16-7-5-11(6-8-16)9-13-2/h3-4,11,13H,5-9H2,1-2H3. The van der Waals surface area contributed by atoms with Crippen LogP contribution in [0.1, 0.15) is 18.5 Å². The van der Waals surface area contributed by atoms with Crippen molar-refractivity contribution in [1.29, 1.82) is 0 Å². The largest absolute Gasteiger partial charge is 0.355 e. The fraction of sp³-hybridized carbons (Fsp3) is 0.667. The number of hydrogen-bond acceptors (Lipinski definition) is 4. The van der Waals surface area contributed by atoms with Crippen molar-refractivity contribution < 1.29 is 0 Å². The van der Waals surface area contributed by atoms with Crippen LogP contribution in [0.4, 0.5) is 5.82 Å². The smallest absolute Gasteiger partial charge is 0.151 e. The second kappa shape index (κ2) is 5.25. The molecule has 2 heterocycles. The van der Waals surface area contributed by atoms with Crippen LogP contribution in [0.25, 0.3) is 0 Å². The lowest BCUT2D eigenvalue weighted by Gasteiger charge is -2.32. The molecule has 0 amide bonds. The molecule has 0 spiro atoms. The van der Waals surface area contributed by atoms with Crippen molar-refractivity contribution in [1.82, 2.24) is 15.5 Å². The van der Waals surface area contributed by atoms with Gasteiger partial charge in [-0.25, -0.2) is 0 Å². The number of aryl methyl sites for hydroxylation is 1. The van der Waals surface area contributed by atoms with E-state index in [1.54, 1.807) is 0 Å². The fourth-order valence-corrected chi connectivity index (χ4v) is 2.22. The minimum atomic E-state index is 0.819. The van der Waals surface area contributed by atoms with Crippen molar-refractivity contribution in [2.24, 2.45) is 5.92 Å². The van der Waals surface area contributed by atoms with E-state index >= 15 is 0 Å². The van der Waals surface area contributed by atoms with E-state index in [9.17, 15) is 0 Å². The second-order valence-corrected chi connectivity index (χ2v) is 4.52. The molecule has 1 aromatic heterocycles. The number of hydrogen-bond donors (Lipinski definition) is 1. The Morgan fingerprint density at radius 3 is 2.62 bits per heavy atom. The van der Waals surface area contributed by atoms with Crippen molar-refractivity contribution >= 4 is 5.82 Å². The van der Waals surface area contributed by atoms with Crippen LogP contribution in [0.3, 0.4) is 0 Å². The molecule has 0 bridgehead atoms. The van der Waals surface area contributed by atoms with Gasteiger partial charge >= 0.3 is 0 Å². The van der Waals surface area contributed by atoms with Crippen molar-refractivity contribution in [3.8, 4) is 0 Å². The molecule has 0 unspecified atom stereocenters. The molecule has 2 rings (SSSR count). The molecule has 1 N–H and O–H groups in total. The van der Waals surface area contributed by atoms with E-state index in [-0.39, 0.29) is 0 Å². The average Bonchev–Trinajstić information content (AvgIpc) is 2.32. The molecule has 0 aliphatic carbocycles. The van der Waals surface area contributed by atoms with E-state index in [2.05, 4.69) is 26.5 Å². The van der Waals surface area contributed by atoms with Crippen LogP contribution in [-0.4, -0.2) is 36.9 Å². The van der Waals surface area contributed by atoms with Crippen LogP contribution < -0.4 is 10.2 Å². The highest BCUT2D eigenvalue weighted by atomic mass is 15.3. The predicted octanol–water partition coefficient (Wildman–Crippen LogP) is 1.22. The molecular formula is C12H20N4. The second-order valence-electron chi connectivity index (χ2n) is 4.52. The Labute approximate surface area is 97.1 Å². The zero-order valence-corrected chi connectivity index (χ0v) is 10.1. The fourth-order valence-electron chi connectivity index (χ4n) is 2.22. The minimum absolute atomic E-state index is 0.819. The highest BCUT2D eigenvalue weighted by Gasteiger charge is 2.19. The quantitative estimate of drug-likeness (QED) is 0.831. The van der Waals surface area contributed by atoms with Crippen molar-refractivity contribution in [3.63, 3.8) is 0 Å². The Balaban J connectivity index is 1.91. The Bertz CT molecular complexity index is 314. The van der Waals surface area contributed by atoms with Gasteiger partial charge in [-0.1, -0.05) is 0 Å². The van der Waals surface area contributed by atoms with Crippen LogP contribution in [-0.2, 0) is 0 Å². The summed E-state index contributed by atoms with van der Waals surface area (Å²) < 4.78 is 0. The summed E-state index contributed by atoms with van der Waals surface area (Å²) in [7, 11) is 2.03. The van der Waals surface area contributed by atoms with Gasteiger partial charge in [0, 0.05) is 13.1 Å². The Morgan fingerprint density at radius 1 is 1.31 bits per heavy atom. The first kappa shape index (κ1) is 11.3. The van der Waals surface area contributed by atoms with E-state index in [1.807, 2.05) is 20.0 Å². The van der Waals surface area contributed by atoms with Gasteiger partial charge in [-0.3, -0.25) is 0 Å². The molecule has 1 aromatic rings. The molecule has 1 aliphatic rings. The summed E-state index contributed by atoms with van der Waals surface area (Å²) in [5.74, 6) is 1.84. The maximum Gasteiger partial charge on any atom is 0.151 e. The highest BCUT2D eigenvalue weighted by molar-refractivity contribution is 5.37. The van der Waals surface area contributed by atoms with Gasteiger partial charge in [-0.15, -0.1) is 5.10 Å². The maximum absolute atomic E-state index is 4.23. The average molecular weight is 220 g/mol. The van der Waals surface area contributed by atoms with Gasteiger partial charge < -0.3 is 10.2 Å². The zero-order chi connectivity index (χ0) is 11.4. The maximum atomic E-state index is 4.23. The summed E-state index contributed by atoms with van der Waals surface area (Å²) in [5.41, 5.74) is 0.980. The normalized spacial score (nSPS) is 17.8. The monoisotopic (exact) mass is 220 g/mol. The summed E-state index contributed by atoms with van der Waals surface area (Å²) >= 11 is 0. The van der Waals surface area contributed by atoms with E-state index in [0.717, 1.165) is 37.1 Å². The van der Waals surface area contributed by atoms with Crippen LogP contribution >= 0.6 is 0 Å². The summed E-state index contributed by atoms with van der Waals surface area (Å²) in [6.07, 6.45) is 2.49. The first-order valence-electron chi connectivity index (χ1n) is 5.99. The van der Waals surface area contributed by atoms with Gasteiger partial charge in [0.05, 0.1) is 5.69 Å². The number of nitrogens with zero attached hydrogens (tertiary/aromatic N) is 3. The lowest BCUT2D eigenvalue weighted by Crippen LogP contribution is -2.37. The first-order valence-corrected chi connectivity index (χ1v) is 5.99. The molecule has 0 atom stereocenters. The Kier molecular flexibility index (Phi) is 3.72. The van der Waals surface area contributed by atoms with E-state index in [0.29, 0.717) is 0 Å². The van der Waals surface area contributed by atoms with E-state index in [4.69, 9.17) is 0 Å². The van der Waals surface area contributed by atoms with Gasteiger partial charge in [0.1, 0.15) is 0 Å². The van der Waals surface area contributed by atoms with Crippen LogP contribution in [0, 0.1) is 12.8 Å². The molecule has 4 nitrogen and oxygen atoms in total. The summed E-state index contributed by atoms with van der Waals surface area (Å²) in [6.45, 7) is 5.30. The predicted molar refractivity (Wildman–Crippen MR) is 65.6 cm³/mol. The van der Waals surface area contributed by atoms with Gasteiger partial charge in [0.2, 0.25) is 0 Å². The summed E-state index contributed by atoms with van der Waals surface area (Å²) in [4.78, 5) is 2.33. The van der Waals surface area contributed by atoms with Crippen molar-refractivity contribution in [2.75, 3.05) is 31.6 Å². The number of rotatable bonds is 3. The molecule has 0 saturated carbocycles. The number of aromatic nitrogens is 2. The first-order chi connectivity index (χ1) is 7.79. The van der Waals surface area contributed by atoms with Crippen LogP contribution in [0.2, 0.25) is 0 Å². The number of nitrogens with one attached hydrogen (secondary N) is 1. The molecule has 16 heavy (non-hydrogen) atoms. The topological polar surface area (TPSA) is 41.0 Å². The van der Waals surface area contributed by atoms with Gasteiger partial charge in [-0.2, -0.15) is 5.10 Å². The lowest BCUT2D eigenvalue weighted by molar-refractivity contribution is 0.392. The van der Waals surface area contributed by atoms with Crippen molar-refractivity contribution in [2.45, 2.75) is 19.8 Å². The third-order valence-corrected chi connectivity index (χ3v) is 3.22. The minimum Gasteiger partial charge on any atom is -0.355 e. The Morgan fingerprint density at radius 2 is 2.06 bits per heavy atom.